The molecular weight excluding hydrogens is 442 g/mol. The van der Waals surface area contributed by atoms with Crippen molar-refractivity contribution in [3.05, 3.63) is 83.4 Å². The molecule has 0 fully saturated rings. The molecule has 0 bridgehead atoms. The summed E-state index contributed by atoms with van der Waals surface area (Å²) in [5.74, 6) is 0.283. The fraction of sp³-hybridized carbons (Fsp3) is 0.310. The zero-order chi connectivity index (χ0) is 25.0. The molecule has 1 amide bonds. The smallest absolute Gasteiger partial charge is 0.411 e. The first-order chi connectivity index (χ1) is 16.7. The average Bonchev–Trinajstić information content (AvgIpc) is 3.14. The van der Waals surface area contributed by atoms with Crippen molar-refractivity contribution in [3.8, 4) is 16.9 Å². The highest BCUT2D eigenvalue weighted by atomic mass is 16.6. The lowest BCUT2D eigenvalue weighted by molar-refractivity contribution is -0.154. The third-order valence-electron chi connectivity index (χ3n) is 5.92. The number of benzene rings is 3. The van der Waals surface area contributed by atoms with E-state index in [1.807, 2.05) is 51.1 Å². The number of rotatable bonds is 7. The van der Waals surface area contributed by atoms with E-state index in [0.717, 1.165) is 16.7 Å². The number of methoxy groups -OCH3 is 1. The Morgan fingerprint density at radius 1 is 0.914 bits per heavy atom. The van der Waals surface area contributed by atoms with Crippen molar-refractivity contribution in [2.24, 2.45) is 0 Å². The van der Waals surface area contributed by atoms with Gasteiger partial charge in [-0.25, -0.2) is 4.79 Å². The lowest BCUT2D eigenvalue weighted by Crippen LogP contribution is -2.24. The van der Waals surface area contributed by atoms with Crippen LogP contribution in [0.1, 0.15) is 49.8 Å². The summed E-state index contributed by atoms with van der Waals surface area (Å²) < 4.78 is 16.4. The van der Waals surface area contributed by atoms with Crippen LogP contribution in [0.3, 0.4) is 0 Å². The van der Waals surface area contributed by atoms with Crippen molar-refractivity contribution in [3.63, 3.8) is 0 Å². The summed E-state index contributed by atoms with van der Waals surface area (Å²) in [6, 6.07) is 21.8. The minimum Gasteiger partial charge on any atom is -0.497 e. The van der Waals surface area contributed by atoms with Crippen LogP contribution in [-0.4, -0.2) is 31.4 Å². The van der Waals surface area contributed by atoms with E-state index in [2.05, 4.69) is 29.6 Å². The summed E-state index contributed by atoms with van der Waals surface area (Å²) in [7, 11) is 1.56. The molecule has 1 aliphatic rings. The molecule has 1 aliphatic carbocycles. The molecule has 1 N–H and O–H groups in total. The Bertz CT molecular complexity index is 1180. The van der Waals surface area contributed by atoms with Gasteiger partial charge >= 0.3 is 12.1 Å². The summed E-state index contributed by atoms with van der Waals surface area (Å²) >= 11 is 0. The van der Waals surface area contributed by atoms with E-state index in [-0.39, 0.29) is 24.9 Å². The number of amides is 1. The van der Waals surface area contributed by atoms with E-state index in [9.17, 15) is 9.59 Å². The van der Waals surface area contributed by atoms with Gasteiger partial charge in [0, 0.05) is 18.4 Å². The molecule has 0 aliphatic heterocycles. The number of aryl methyl sites for hydroxylation is 1. The van der Waals surface area contributed by atoms with Crippen molar-refractivity contribution >= 4 is 17.7 Å². The van der Waals surface area contributed by atoms with Crippen LogP contribution in [0, 0.1) is 0 Å². The van der Waals surface area contributed by atoms with Crippen LogP contribution >= 0.6 is 0 Å². The van der Waals surface area contributed by atoms with Crippen LogP contribution in [-0.2, 0) is 20.7 Å². The number of anilines is 1. The predicted octanol–water partition coefficient (Wildman–Crippen LogP) is 6.33. The summed E-state index contributed by atoms with van der Waals surface area (Å²) in [4.78, 5) is 25.0. The lowest BCUT2D eigenvalue weighted by atomic mass is 9.98. The lowest BCUT2D eigenvalue weighted by Gasteiger charge is -2.20. The topological polar surface area (TPSA) is 73.9 Å². The number of carbonyl (C=O) groups is 2. The molecule has 0 saturated heterocycles. The van der Waals surface area contributed by atoms with E-state index >= 15 is 0 Å². The fourth-order valence-corrected chi connectivity index (χ4v) is 4.39. The highest BCUT2D eigenvalue weighted by molar-refractivity contribution is 5.86. The van der Waals surface area contributed by atoms with Gasteiger partial charge in [0.15, 0.2) is 0 Å². The second-order valence-corrected chi connectivity index (χ2v) is 9.56. The van der Waals surface area contributed by atoms with Crippen molar-refractivity contribution in [2.45, 2.75) is 45.1 Å². The molecule has 0 saturated carbocycles. The molecule has 3 aromatic rings. The molecule has 0 unspecified atom stereocenters. The zero-order valence-electron chi connectivity index (χ0n) is 20.6. The van der Waals surface area contributed by atoms with Gasteiger partial charge < -0.3 is 14.2 Å². The van der Waals surface area contributed by atoms with Gasteiger partial charge in [0.1, 0.15) is 18.0 Å². The average molecular weight is 474 g/mol. The maximum Gasteiger partial charge on any atom is 0.411 e. The van der Waals surface area contributed by atoms with Gasteiger partial charge in [-0.15, -0.1) is 0 Å². The zero-order valence-corrected chi connectivity index (χ0v) is 20.6. The van der Waals surface area contributed by atoms with Gasteiger partial charge in [-0.05, 0) is 61.1 Å². The molecule has 4 rings (SSSR count). The Hall–Kier alpha value is -3.80. The highest BCUT2D eigenvalue weighted by Crippen LogP contribution is 2.44. The van der Waals surface area contributed by atoms with Gasteiger partial charge in [-0.2, -0.15) is 0 Å². The van der Waals surface area contributed by atoms with Crippen molar-refractivity contribution < 1.29 is 23.8 Å². The molecular formula is C29H31NO5. The summed E-state index contributed by atoms with van der Waals surface area (Å²) in [5, 5.41) is 2.84. The molecule has 0 heterocycles. The van der Waals surface area contributed by atoms with Crippen LogP contribution in [0.2, 0.25) is 0 Å². The van der Waals surface area contributed by atoms with E-state index in [0.29, 0.717) is 17.9 Å². The quantitative estimate of drug-likeness (QED) is 0.406. The molecule has 0 radical (unpaired) electrons. The third-order valence-corrected chi connectivity index (χ3v) is 5.92. The Balaban J connectivity index is 1.44. The second kappa shape index (κ2) is 10.2. The third kappa shape index (κ3) is 5.83. The monoisotopic (exact) mass is 473 g/mol. The molecule has 6 nitrogen and oxygen atoms in total. The summed E-state index contributed by atoms with van der Waals surface area (Å²) in [5.41, 5.74) is 5.46. The molecule has 6 heteroatoms. The number of hydrogen-bond acceptors (Lipinski definition) is 5. The van der Waals surface area contributed by atoms with E-state index in [1.165, 1.54) is 11.1 Å². The van der Waals surface area contributed by atoms with Gasteiger partial charge in [0.2, 0.25) is 0 Å². The fourth-order valence-electron chi connectivity index (χ4n) is 4.39. The molecule has 182 valence electrons. The van der Waals surface area contributed by atoms with Gasteiger partial charge in [-0.3, -0.25) is 10.1 Å². The first-order valence-electron chi connectivity index (χ1n) is 11.8. The van der Waals surface area contributed by atoms with Crippen LogP contribution in [0.5, 0.6) is 5.75 Å². The molecule has 3 aromatic carbocycles. The number of hydrogen-bond donors (Lipinski definition) is 1. The Morgan fingerprint density at radius 3 is 2.14 bits per heavy atom. The minimum absolute atomic E-state index is 0.0231. The molecule has 0 spiro atoms. The number of ether oxygens (including phenoxy) is 3. The van der Waals surface area contributed by atoms with Gasteiger partial charge in [-0.1, -0.05) is 54.6 Å². The first kappa shape index (κ1) is 24.3. The van der Waals surface area contributed by atoms with Gasteiger partial charge in [0.05, 0.1) is 12.8 Å². The number of fused-ring (bicyclic) bond motifs is 3. The van der Waals surface area contributed by atoms with Crippen molar-refractivity contribution in [1.82, 2.24) is 0 Å². The van der Waals surface area contributed by atoms with E-state index < -0.39 is 11.7 Å². The van der Waals surface area contributed by atoms with Crippen LogP contribution in [0.15, 0.2) is 66.7 Å². The second-order valence-electron chi connectivity index (χ2n) is 9.56. The normalized spacial score (nSPS) is 12.5. The van der Waals surface area contributed by atoms with Crippen molar-refractivity contribution in [1.29, 1.82) is 0 Å². The minimum atomic E-state index is -0.557. The largest absolute Gasteiger partial charge is 0.497 e. The molecule has 0 aromatic heterocycles. The summed E-state index contributed by atoms with van der Waals surface area (Å²) in [6.07, 6.45) is 0.0551. The summed E-state index contributed by atoms with van der Waals surface area (Å²) in [6.45, 7) is 5.73. The Labute approximate surface area is 206 Å². The molecule has 35 heavy (non-hydrogen) atoms. The Morgan fingerprint density at radius 2 is 1.54 bits per heavy atom. The van der Waals surface area contributed by atoms with Crippen LogP contribution in [0.25, 0.3) is 11.1 Å². The first-order valence-corrected chi connectivity index (χ1v) is 11.8. The maximum absolute atomic E-state index is 12.8. The van der Waals surface area contributed by atoms with Gasteiger partial charge in [0.25, 0.3) is 0 Å². The van der Waals surface area contributed by atoms with Crippen LogP contribution < -0.4 is 10.1 Å². The number of carbonyl (C=O) groups excluding carboxylic acids is 2. The standard InChI is InChI=1S/C29H31NO5/c1-29(2,3)35-27(31)16-14-19-13-15-20(33-4)17-26(19)30-28(32)34-18-25-23-11-7-5-9-21(23)22-10-6-8-12-24(22)25/h5-13,15,17,25H,14,16,18H2,1-4H3,(H,30,32). The Kier molecular flexibility index (Phi) is 7.10. The van der Waals surface area contributed by atoms with Crippen LogP contribution in [0.4, 0.5) is 10.5 Å². The number of nitrogens with one attached hydrogen (secondary N) is 1. The SMILES string of the molecule is COc1ccc(CCC(=O)OC(C)(C)C)c(NC(=O)OCC2c3ccccc3-c3ccccc32)c1. The number of esters is 1. The predicted molar refractivity (Wildman–Crippen MR) is 136 cm³/mol. The molecule has 0 atom stereocenters. The van der Waals surface area contributed by atoms with E-state index in [1.54, 1.807) is 19.2 Å². The highest BCUT2D eigenvalue weighted by Gasteiger charge is 2.29. The van der Waals surface area contributed by atoms with E-state index in [4.69, 9.17) is 14.2 Å². The van der Waals surface area contributed by atoms with Crippen molar-refractivity contribution in [2.75, 3.05) is 19.0 Å². The maximum atomic E-state index is 12.8.